The molecular weight excluding hydrogens is 743 g/mol. The second-order valence-corrected chi connectivity index (χ2v) is 18.2. The van der Waals surface area contributed by atoms with Crippen molar-refractivity contribution in [3.63, 3.8) is 0 Å². The summed E-state index contributed by atoms with van der Waals surface area (Å²) in [6, 6.07) is 51.0. The number of hydrogen-bond donors (Lipinski definition) is 0. The minimum atomic E-state index is -0.433. The van der Waals surface area contributed by atoms with Gasteiger partial charge in [0, 0.05) is 46.0 Å². The molecule has 0 saturated carbocycles. The number of nitrogens with zero attached hydrogens (tertiary/aromatic N) is 3. The summed E-state index contributed by atoms with van der Waals surface area (Å²) in [6.45, 7) is 7.05. The Morgan fingerprint density at radius 2 is 1.36 bits per heavy atom. The standard InChI is InChI=1S/C57H47N3O/c1-55(2)43-23-11-8-20-39(43)42-31-29-37(34-49(42)55)53-58-52(36-18-6-5-7-19-36)59-54(60(53)4)48-27-16-17-33-56(48,3)38-30-32-47-51(35-38)61-50-28-15-14-26-46(50)57(47)44-24-12-9-21-40(44)41-22-10-13-25-45(41)57/h5-12,14-24,26-35,48,54H,13,25H2,1-4H3/t48?,54?,56-,57?/m0/s1. The molecule has 6 aromatic rings. The summed E-state index contributed by atoms with van der Waals surface area (Å²) < 4.78 is 7.02. The number of allylic oxidation sites excluding steroid dienone is 7. The molecule has 4 atom stereocenters. The van der Waals surface area contributed by atoms with Crippen LogP contribution in [-0.2, 0) is 16.2 Å². The molecule has 4 aliphatic carbocycles. The summed E-state index contributed by atoms with van der Waals surface area (Å²) in [5.74, 6) is 3.50. The van der Waals surface area contributed by atoms with Gasteiger partial charge in [0.1, 0.15) is 23.5 Å². The second kappa shape index (κ2) is 13.1. The van der Waals surface area contributed by atoms with E-state index in [9.17, 15) is 0 Å². The molecule has 0 fully saturated rings. The quantitative estimate of drug-likeness (QED) is 0.178. The van der Waals surface area contributed by atoms with Crippen molar-refractivity contribution in [1.29, 1.82) is 0 Å². The lowest BCUT2D eigenvalue weighted by atomic mass is 9.63. The molecule has 0 saturated heterocycles. The number of fused-ring (bicyclic) bond motifs is 11. The first-order chi connectivity index (χ1) is 29.8. The van der Waals surface area contributed by atoms with Gasteiger partial charge in [0.2, 0.25) is 0 Å². The van der Waals surface area contributed by atoms with Crippen LogP contribution in [0.4, 0.5) is 0 Å². The highest BCUT2D eigenvalue weighted by Gasteiger charge is 2.53. The zero-order valence-electron chi connectivity index (χ0n) is 35.1. The van der Waals surface area contributed by atoms with E-state index in [1.807, 2.05) is 0 Å². The maximum Gasteiger partial charge on any atom is 0.159 e. The van der Waals surface area contributed by atoms with Gasteiger partial charge in [0.05, 0.1) is 5.41 Å². The van der Waals surface area contributed by atoms with Gasteiger partial charge in [-0.25, -0.2) is 9.98 Å². The Hall–Kier alpha value is -6.78. The number of rotatable bonds is 4. The van der Waals surface area contributed by atoms with E-state index < -0.39 is 10.8 Å². The average Bonchev–Trinajstić information content (AvgIpc) is 3.72. The molecule has 1 spiro atoms. The third kappa shape index (κ3) is 4.99. The normalized spacial score (nSPS) is 24.6. The molecule has 0 N–H and O–H groups in total. The first kappa shape index (κ1) is 36.1. The fourth-order valence-electron chi connectivity index (χ4n) is 11.7. The number of hydrogen-bond acceptors (Lipinski definition) is 4. The first-order valence-corrected chi connectivity index (χ1v) is 21.8. The van der Waals surface area contributed by atoms with Gasteiger partial charge in [-0.3, -0.25) is 0 Å². The van der Waals surface area contributed by atoms with E-state index in [1.54, 1.807) is 0 Å². The van der Waals surface area contributed by atoms with E-state index in [0.29, 0.717) is 0 Å². The topological polar surface area (TPSA) is 37.2 Å². The Balaban J connectivity index is 0.986. The van der Waals surface area contributed by atoms with Crippen molar-refractivity contribution in [2.24, 2.45) is 15.9 Å². The minimum absolute atomic E-state index is 0.0327. The van der Waals surface area contributed by atoms with Gasteiger partial charge < -0.3 is 9.64 Å². The van der Waals surface area contributed by atoms with Gasteiger partial charge in [0.25, 0.3) is 0 Å². The lowest BCUT2D eigenvalue weighted by molar-refractivity contribution is 0.238. The van der Waals surface area contributed by atoms with Crippen molar-refractivity contribution in [3.05, 3.63) is 232 Å². The van der Waals surface area contributed by atoms with Crippen molar-refractivity contribution < 1.29 is 4.74 Å². The van der Waals surface area contributed by atoms with E-state index in [4.69, 9.17) is 14.7 Å². The summed E-state index contributed by atoms with van der Waals surface area (Å²) in [7, 11) is 2.17. The molecule has 12 rings (SSSR count). The molecule has 0 aromatic heterocycles. The number of para-hydroxylation sites is 1. The molecule has 2 aliphatic heterocycles. The van der Waals surface area contributed by atoms with Crippen LogP contribution in [0.2, 0.25) is 0 Å². The Labute approximate surface area is 358 Å². The number of amidine groups is 2. The summed E-state index contributed by atoms with van der Waals surface area (Å²) >= 11 is 0. The molecule has 61 heavy (non-hydrogen) atoms. The van der Waals surface area contributed by atoms with Crippen molar-refractivity contribution in [2.75, 3.05) is 7.05 Å². The van der Waals surface area contributed by atoms with E-state index in [-0.39, 0.29) is 17.5 Å². The lowest BCUT2D eigenvalue weighted by Crippen LogP contribution is -2.50. The van der Waals surface area contributed by atoms with Crippen LogP contribution in [0.5, 0.6) is 11.5 Å². The third-order valence-electron chi connectivity index (χ3n) is 14.7. The molecule has 2 heterocycles. The predicted octanol–water partition coefficient (Wildman–Crippen LogP) is 12.7. The van der Waals surface area contributed by atoms with Crippen LogP contribution in [-0.4, -0.2) is 29.8 Å². The van der Waals surface area contributed by atoms with E-state index in [2.05, 4.69) is 209 Å². The van der Waals surface area contributed by atoms with Crippen molar-refractivity contribution >= 4 is 17.2 Å². The Bertz CT molecular complexity index is 3030. The van der Waals surface area contributed by atoms with Gasteiger partial charge in [-0.15, -0.1) is 0 Å². The Kier molecular flexibility index (Phi) is 7.76. The van der Waals surface area contributed by atoms with E-state index >= 15 is 0 Å². The fourth-order valence-corrected chi connectivity index (χ4v) is 11.7. The van der Waals surface area contributed by atoms with E-state index in [1.165, 1.54) is 61.2 Å². The average molecular weight is 790 g/mol. The summed E-state index contributed by atoms with van der Waals surface area (Å²) in [4.78, 5) is 13.3. The maximum atomic E-state index is 7.02. The van der Waals surface area contributed by atoms with Gasteiger partial charge in [-0.05, 0) is 81.1 Å². The van der Waals surface area contributed by atoms with Crippen LogP contribution in [0.3, 0.4) is 0 Å². The summed E-state index contributed by atoms with van der Waals surface area (Å²) in [5.41, 5.74) is 15.6. The van der Waals surface area contributed by atoms with Crippen LogP contribution in [0, 0.1) is 5.92 Å². The van der Waals surface area contributed by atoms with Crippen LogP contribution in [0.25, 0.3) is 16.7 Å². The van der Waals surface area contributed by atoms with Gasteiger partial charge >= 0.3 is 0 Å². The SMILES string of the molecule is CN1C(c2ccc3c(c2)C(C)(C)c2ccccc2-3)=NC(c2ccccc2)=NC1C1C=CC=C[C@@]1(C)c1ccc2c(c1)Oc1ccccc1C21C2=C(C=CCC2)c2ccccc21. The van der Waals surface area contributed by atoms with Crippen molar-refractivity contribution in [1.82, 2.24) is 4.90 Å². The molecule has 0 bridgehead atoms. The smallest absolute Gasteiger partial charge is 0.159 e. The van der Waals surface area contributed by atoms with Gasteiger partial charge in [0.15, 0.2) is 5.84 Å². The number of benzene rings is 6. The zero-order chi connectivity index (χ0) is 41.1. The zero-order valence-corrected chi connectivity index (χ0v) is 35.1. The number of aliphatic imine (C=N–C) groups is 2. The molecule has 4 heteroatoms. The second-order valence-electron chi connectivity index (χ2n) is 18.2. The molecule has 296 valence electrons. The van der Waals surface area contributed by atoms with Crippen molar-refractivity contribution in [2.45, 2.75) is 56.0 Å². The third-order valence-corrected chi connectivity index (χ3v) is 14.7. The van der Waals surface area contributed by atoms with Crippen LogP contribution >= 0.6 is 0 Å². The molecule has 0 amide bonds. The first-order valence-electron chi connectivity index (χ1n) is 21.8. The largest absolute Gasteiger partial charge is 0.457 e. The van der Waals surface area contributed by atoms with Crippen LogP contribution < -0.4 is 4.74 Å². The Morgan fingerprint density at radius 3 is 2.21 bits per heavy atom. The monoisotopic (exact) mass is 789 g/mol. The highest BCUT2D eigenvalue weighted by Crippen LogP contribution is 2.63. The Morgan fingerprint density at radius 1 is 0.639 bits per heavy atom. The van der Waals surface area contributed by atoms with Crippen LogP contribution in [0.15, 0.2) is 192 Å². The molecule has 6 aliphatic rings. The van der Waals surface area contributed by atoms with Gasteiger partial charge in [-0.1, -0.05) is 179 Å². The highest BCUT2D eigenvalue weighted by atomic mass is 16.5. The molecule has 6 aromatic carbocycles. The van der Waals surface area contributed by atoms with Crippen molar-refractivity contribution in [3.8, 4) is 22.6 Å². The highest BCUT2D eigenvalue weighted by molar-refractivity contribution is 6.13. The summed E-state index contributed by atoms with van der Waals surface area (Å²) in [6.07, 6.45) is 15.6. The molecule has 4 nitrogen and oxygen atoms in total. The lowest BCUT2D eigenvalue weighted by Gasteiger charge is -2.45. The predicted molar refractivity (Wildman–Crippen MR) is 249 cm³/mol. The van der Waals surface area contributed by atoms with Crippen LogP contribution in [0.1, 0.15) is 83.7 Å². The fraction of sp³-hybridized carbons (Fsp3) is 0.193. The van der Waals surface area contributed by atoms with Gasteiger partial charge in [-0.2, -0.15) is 0 Å². The molecular formula is C57H47N3O. The number of ether oxygens (including phenoxy) is 1. The molecule has 0 radical (unpaired) electrons. The summed E-state index contributed by atoms with van der Waals surface area (Å²) in [5, 5.41) is 0. The maximum absolute atomic E-state index is 7.02. The molecule has 3 unspecified atom stereocenters. The van der Waals surface area contributed by atoms with E-state index in [0.717, 1.165) is 47.1 Å². The minimum Gasteiger partial charge on any atom is -0.457 e.